The van der Waals surface area contributed by atoms with Crippen molar-refractivity contribution in [3.8, 4) is 0 Å². The molecule has 2 aliphatic heterocycles. The monoisotopic (exact) mass is 377 g/mol. The Morgan fingerprint density at radius 2 is 2.12 bits per heavy atom. The normalized spacial score (nSPS) is 26.4. The molecule has 26 heavy (non-hydrogen) atoms. The van der Waals surface area contributed by atoms with Crippen molar-refractivity contribution in [2.45, 2.75) is 25.3 Å². The minimum atomic E-state index is 0.143. The highest BCUT2D eigenvalue weighted by Crippen LogP contribution is 2.58. The molecule has 2 N–H and O–H groups in total. The van der Waals surface area contributed by atoms with E-state index in [1.807, 2.05) is 18.2 Å². The summed E-state index contributed by atoms with van der Waals surface area (Å²) >= 11 is 6.21. The van der Waals surface area contributed by atoms with Gasteiger partial charge in [-0.2, -0.15) is 0 Å². The number of piperidine rings is 1. The molecular weight excluding hydrogens is 350 g/mol. The number of hydrogen-bond acceptors (Lipinski definition) is 4. The van der Waals surface area contributed by atoms with Gasteiger partial charge in [0.1, 0.15) is 0 Å². The van der Waals surface area contributed by atoms with Gasteiger partial charge in [0.25, 0.3) is 0 Å². The summed E-state index contributed by atoms with van der Waals surface area (Å²) in [6.45, 7) is 5.96. The van der Waals surface area contributed by atoms with E-state index in [4.69, 9.17) is 16.3 Å². The molecule has 5 nitrogen and oxygen atoms in total. The molecule has 1 aliphatic carbocycles. The second-order valence-electron chi connectivity index (χ2n) is 7.83. The maximum atomic E-state index is 12.8. The standard InChI is InChI=1S/C20H28ClN3O2/c21-16-3-1-2-15(12-16)18(24-8-10-26-11-9-24)14-23-19(25)17-13-20(17)4-6-22-7-5-20/h1-3,12,17-18,22H,4-11,13-14H2,(H,23,25). The average Bonchev–Trinajstić information content (AvgIpc) is 3.36. The number of carbonyl (C=O) groups excluding carboxylic acids is 1. The number of benzene rings is 1. The van der Waals surface area contributed by atoms with Crippen LogP contribution in [0.1, 0.15) is 30.9 Å². The van der Waals surface area contributed by atoms with Crippen LogP contribution in [0.5, 0.6) is 0 Å². The lowest BCUT2D eigenvalue weighted by atomic mass is 9.91. The van der Waals surface area contributed by atoms with E-state index >= 15 is 0 Å². The largest absolute Gasteiger partial charge is 0.379 e. The highest BCUT2D eigenvalue weighted by Gasteiger charge is 2.57. The first-order valence-electron chi connectivity index (χ1n) is 9.74. The summed E-state index contributed by atoms with van der Waals surface area (Å²) in [7, 11) is 0. The van der Waals surface area contributed by atoms with Gasteiger partial charge in [-0.1, -0.05) is 23.7 Å². The van der Waals surface area contributed by atoms with E-state index in [1.54, 1.807) is 0 Å². The number of halogens is 1. The van der Waals surface area contributed by atoms with Crippen LogP contribution in [-0.4, -0.2) is 56.7 Å². The maximum Gasteiger partial charge on any atom is 0.223 e. The predicted octanol–water partition coefficient (Wildman–Crippen LogP) is 2.22. The molecule has 3 fully saturated rings. The third kappa shape index (κ3) is 3.91. The van der Waals surface area contributed by atoms with Gasteiger partial charge in [0.15, 0.2) is 0 Å². The zero-order chi connectivity index (χ0) is 18.0. The molecule has 2 heterocycles. The highest BCUT2D eigenvalue weighted by atomic mass is 35.5. The Bertz CT molecular complexity index is 642. The average molecular weight is 378 g/mol. The third-order valence-corrected chi connectivity index (χ3v) is 6.53. The van der Waals surface area contributed by atoms with Gasteiger partial charge in [-0.05, 0) is 55.5 Å². The van der Waals surface area contributed by atoms with Crippen molar-refractivity contribution >= 4 is 17.5 Å². The lowest BCUT2D eigenvalue weighted by molar-refractivity contribution is -0.123. The Morgan fingerprint density at radius 1 is 1.35 bits per heavy atom. The summed E-state index contributed by atoms with van der Waals surface area (Å²) in [5.74, 6) is 0.432. The molecule has 142 valence electrons. The molecule has 2 atom stereocenters. The van der Waals surface area contributed by atoms with Gasteiger partial charge in [0.05, 0.1) is 19.3 Å². The summed E-state index contributed by atoms with van der Waals surface area (Å²) in [6, 6.07) is 8.13. The van der Waals surface area contributed by atoms with Gasteiger partial charge in [0.2, 0.25) is 5.91 Å². The molecule has 1 saturated carbocycles. The molecule has 3 aliphatic rings. The van der Waals surface area contributed by atoms with E-state index in [-0.39, 0.29) is 23.3 Å². The van der Waals surface area contributed by atoms with Crippen molar-refractivity contribution in [2.24, 2.45) is 11.3 Å². The van der Waals surface area contributed by atoms with E-state index < -0.39 is 0 Å². The molecule has 0 radical (unpaired) electrons. The van der Waals surface area contributed by atoms with Crippen LogP contribution in [0.25, 0.3) is 0 Å². The van der Waals surface area contributed by atoms with Gasteiger partial charge < -0.3 is 15.4 Å². The Kier molecular flexibility index (Phi) is 5.50. The fourth-order valence-corrected chi connectivity index (χ4v) is 4.78. The molecule has 0 aromatic heterocycles. The van der Waals surface area contributed by atoms with Crippen LogP contribution in [0, 0.1) is 11.3 Å². The van der Waals surface area contributed by atoms with Crippen LogP contribution < -0.4 is 10.6 Å². The molecule has 1 aromatic rings. The zero-order valence-electron chi connectivity index (χ0n) is 15.2. The third-order valence-electron chi connectivity index (χ3n) is 6.30. The topological polar surface area (TPSA) is 53.6 Å². The van der Waals surface area contributed by atoms with E-state index in [2.05, 4.69) is 21.6 Å². The summed E-state index contributed by atoms with van der Waals surface area (Å²) in [5.41, 5.74) is 1.44. The quantitative estimate of drug-likeness (QED) is 0.826. The fourth-order valence-electron chi connectivity index (χ4n) is 4.58. The molecule has 4 rings (SSSR count). The molecule has 2 saturated heterocycles. The first-order valence-corrected chi connectivity index (χ1v) is 10.1. The number of hydrogen-bond donors (Lipinski definition) is 2. The molecule has 1 amide bonds. The second-order valence-corrected chi connectivity index (χ2v) is 8.27. The van der Waals surface area contributed by atoms with Gasteiger partial charge in [-0.15, -0.1) is 0 Å². The summed E-state index contributed by atoms with van der Waals surface area (Å²) < 4.78 is 5.50. The van der Waals surface area contributed by atoms with E-state index in [9.17, 15) is 4.79 Å². The van der Waals surface area contributed by atoms with Crippen molar-refractivity contribution in [1.29, 1.82) is 0 Å². The molecule has 1 aromatic carbocycles. The van der Waals surface area contributed by atoms with E-state index in [0.717, 1.165) is 69.2 Å². The fraction of sp³-hybridized carbons (Fsp3) is 0.650. The highest BCUT2D eigenvalue weighted by molar-refractivity contribution is 6.30. The van der Waals surface area contributed by atoms with E-state index in [1.165, 1.54) is 0 Å². The summed E-state index contributed by atoms with van der Waals surface area (Å²) in [5, 5.41) is 7.38. The van der Waals surface area contributed by atoms with Gasteiger partial charge in [-0.25, -0.2) is 0 Å². The van der Waals surface area contributed by atoms with Gasteiger partial charge in [0, 0.05) is 30.6 Å². The van der Waals surface area contributed by atoms with Crippen LogP contribution in [0.15, 0.2) is 24.3 Å². The number of nitrogens with zero attached hydrogens (tertiary/aromatic N) is 1. The molecule has 0 bridgehead atoms. The number of rotatable bonds is 5. The first-order chi connectivity index (χ1) is 12.7. The van der Waals surface area contributed by atoms with Gasteiger partial charge >= 0.3 is 0 Å². The maximum absolute atomic E-state index is 12.8. The Morgan fingerprint density at radius 3 is 2.85 bits per heavy atom. The number of nitrogens with one attached hydrogen (secondary N) is 2. The Hall–Kier alpha value is -1.14. The van der Waals surface area contributed by atoms with Crippen molar-refractivity contribution < 1.29 is 9.53 Å². The number of carbonyl (C=O) groups is 1. The minimum Gasteiger partial charge on any atom is -0.379 e. The summed E-state index contributed by atoms with van der Waals surface area (Å²) in [4.78, 5) is 15.2. The summed E-state index contributed by atoms with van der Waals surface area (Å²) in [6.07, 6.45) is 3.32. The molecular formula is C20H28ClN3O2. The number of amides is 1. The van der Waals surface area contributed by atoms with Gasteiger partial charge in [-0.3, -0.25) is 9.69 Å². The van der Waals surface area contributed by atoms with Crippen LogP contribution in [0.2, 0.25) is 5.02 Å². The van der Waals surface area contributed by atoms with Crippen LogP contribution in [0.3, 0.4) is 0 Å². The van der Waals surface area contributed by atoms with Crippen LogP contribution >= 0.6 is 11.6 Å². The van der Waals surface area contributed by atoms with E-state index in [0.29, 0.717) is 6.54 Å². The van der Waals surface area contributed by atoms with Crippen molar-refractivity contribution in [3.05, 3.63) is 34.9 Å². The first kappa shape index (κ1) is 18.2. The smallest absolute Gasteiger partial charge is 0.223 e. The second kappa shape index (κ2) is 7.85. The van der Waals surface area contributed by atoms with Crippen molar-refractivity contribution in [1.82, 2.24) is 15.5 Å². The lowest BCUT2D eigenvalue weighted by Crippen LogP contribution is -2.44. The predicted molar refractivity (Wildman–Crippen MR) is 102 cm³/mol. The SMILES string of the molecule is O=C(NCC(c1cccc(Cl)c1)N1CCOCC1)C1CC12CCNCC2. The molecule has 2 unspecified atom stereocenters. The van der Waals surface area contributed by atoms with Crippen molar-refractivity contribution in [2.75, 3.05) is 45.9 Å². The van der Waals surface area contributed by atoms with Crippen LogP contribution in [0.4, 0.5) is 0 Å². The Balaban J connectivity index is 1.41. The molecule has 1 spiro atoms. The number of morpholine rings is 1. The van der Waals surface area contributed by atoms with Crippen LogP contribution in [-0.2, 0) is 9.53 Å². The lowest BCUT2D eigenvalue weighted by Gasteiger charge is -2.35. The number of ether oxygens (including phenoxy) is 1. The molecule has 6 heteroatoms. The van der Waals surface area contributed by atoms with Crippen molar-refractivity contribution in [3.63, 3.8) is 0 Å². The minimum absolute atomic E-state index is 0.143. The Labute approximate surface area is 160 Å². The zero-order valence-corrected chi connectivity index (χ0v) is 15.9.